The first-order valence-corrected chi connectivity index (χ1v) is 6.02. The van der Waals surface area contributed by atoms with Crippen molar-refractivity contribution in [3.8, 4) is 0 Å². The number of hydrogen-bond acceptors (Lipinski definition) is 4. The van der Waals surface area contributed by atoms with Gasteiger partial charge in [-0.15, -0.1) is 0 Å². The van der Waals surface area contributed by atoms with Crippen molar-refractivity contribution in [2.24, 2.45) is 5.73 Å². The molecule has 0 fully saturated rings. The Morgan fingerprint density at radius 1 is 1.41 bits per heavy atom. The molecule has 4 nitrogen and oxygen atoms in total. The number of anilines is 1. The van der Waals surface area contributed by atoms with Crippen LogP contribution >= 0.6 is 0 Å². The fraction of sp³-hybridized carbons (Fsp3) is 0.615. The molecule has 4 heteroatoms. The van der Waals surface area contributed by atoms with Crippen LogP contribution in [0.1, 0.15) is 25.1 Å². The van der Waals surface area contributed by atoms with Gasteiger partial charge in [0.05, 0.1) is 6.61 Å². The molecule has 0 unspecified atom stereocenters. The summed E-state index contributed by atoms with van der Waals surface area (Å²) in [5.41, 5.74) is 7.87. The average Bonchev–Trinajstić information content (AvgIpc) is 2.29. The predicted octanol–water partition coefficient (Wildman–Crippen LogP) is 1.71. The summed E-state index contributed by atoms with van der Waals surface area (Å²) < 4.78 is 5.15. The summed E-state index contributed by atoms with van der Waals surface area (Å²) in [6.07, 6.45) is 0. The molecule has 0 spiro atoms. The van der Waals surface area contributed by atoms with Gasteiger partial charge in [0.1, 0.15) is 5.82 Å². The van der Waals surface area contributed by atoms with E-state index < -0.39 is 0 Å². The van der Waals surface area contributed by atoms with Crippen LogP contribution in [0.25, 0.3) is 0 Å². The standard InChI is InChI=1S/C13H23N3O/c1-10(2)16(7-8-17-4)13-12(9-14)6-5-11(3)15-13/h5-6,10H,7-9,14H2,1-4H3. The summed E-state index contributed by atoms with van der Waals surface area (Å²) in [6.45, 7) is 8.34. The first-order chi connectivity index (χ1) is 8.10. The second kappa shape index (κ2) is 6.57. The highest BCUT2D eigenvalue weighted by molar-refractivity contribution is 5.48. The topological polar surface area (TPSA) is 51.4 Å². The SMILES string of the molecule is COCCN(c1nc(C)ccc1CN)C(C)C. The summed E-state index contributed by atoms with van der Waals surface area (Å²) >= 11 is 0. The van der Waals surface area contributed by atoms with E-state index in [1.807, 2.05) is 13.0 Å². The number of rotatable bonds is 6. The van der Waals surface area contributed by atoms with Crippen molar-refractivity contribution in [2.75, 3.05) is 25.2 Å². The van der Waals surface area contributed by atoms with Gasteiger partial charge >= 0.3 is 0 Å². The Morgan fingerprint density at radius 3 is 2.65 bits per heavy atom. The lowest BCUT2D eigenvalue weighted by atomic mass is 10.2. The van der Waals surface area contributed by atoms with Crippen LogP contribution in [0.4, 0.5) is 5.82 Å². The Balaban J connectivity index is 3.02. The van der Waals surface area contributed by atoms with E-state index in [4.69, 9.17) is 10.5 Å². The zero-order valence-corrected chi connectivity index (χ0v) is 11.2. The normalized spacial score (nSPS) is 10.9. The van der Waals surface area contributed by atoms with Crippen LogP contribution in [0.3, 0.4) is 0 Å². The molecular formula is C13H23N3O. The maximum absolute atomic E-state index is 5.77. The van der Waals surface area contributed by atoms with Gasteiger partial charge in [-0.05, 0) is 26.8 Å². The predicted molar refractivity (Wildman–Crippen MR) is 71.2 cm³/mol. The van der Waals surface area contributed by atoms with Gasteiger partial charge in [0, 0.05) is 37.5 Å². The number of aryl methyl sites for hydroxylation is 1. The Morgan fingerprint density at radius 2 is 2.12 bits per heavy atom. The van der Waals surface area contributed by atoms with Gasteiger partial charge in [-0.3, -0.25) is 0 Å². The quantitative estimate of drug-likeness (QED) is 0.818. The largest absolute Gasteiger partial charge is 0.383 e. The van der Waals surface area contributed by atoms with Gasteiger partial charge < -0.3 is 15.4 Å². The van der Waals surface area contributed by atoms with E-state index in [-0.39, 0.29) is 0 Å². The van der Waals surface area contributed by atoms with Crippen LogP contribution in [-0.4, -0.2) is 31.3 Å². The lowest BCUT2D eigenvalue weighted by Crippen LogP contribution is -2.35. The van der Waals surface area contributed by atoms with Gasteiger partial charge in [0.15, 0.2) is 0 Å². The Kier molecular flexibility index (Phi) is 5.38. The van der Waals surface area contributed by atoms with E-state index in [2.05, 4.69) is 29.8 Å². The highest BCUT2D eigenvalue weighted by atomic mass is 16.5. The van der Waals surface area contributed by atoms with Crippen molar-refractivity contribution >= 4 is 5.82 Å². The molecule has 0 aromatic carbocycles. The Bertz CT molecular complexity index is 353. The molecule has 17 heavy (non-hydrogen) atoms. The van der Waals surface area contributed by atoms with Crippen LogP contribution in [0, 0.1) is 6.92 Å². The van der Waals surface area contributed by atoms with E-state index in [0.717, 1.165) is 23.6 Å². The third kappa shape index (κ3) is 3.68. The van der Waals surface area contributed by atoms with Crippen molar-refractivity contribution in [3.63, 3.8) is 0 Å². The maximum Gasteiger partial charge on any atom is 0.133 e. The van der Waals surface area contributed by atoms with E-state index in [0.29, 0.717) is 19.2 Å². The smallest absolute Gasteiger partial charge is 0.133 e. The number of nitrogens with zero attached hydrogens (tertiary/aromatic N) is 2. The summed E-state index contributed by atoms with van der Waals surface area (Å²) in [4.78, 5) is 6.84. The van der Waals surface area contributed by atoms with Crippen LogP contribution in [0.15, 0.2) is 12.1 Å². The minimum absolute atomic E-state index is 0.379. The van der Waals surface area contributed by atoms with E-state index in [1.54, 1.807) is 7.11 Å². The molecule has 0 bridgehead atoms. The molecule has 0 aliphatic rings. The van der Waals surface area contributed by atoms with Gasteiger partial charge in [0.2, 0.25) is 0 Å². The number of methoxy groups -OCH3 is 1. The summed E-state index contributed by atoms with van der Waals surface area (Å²) in [6, 6.07) is 4.44. The number of nitrogens with two attached hydrogens (primary N) is 1. The molecule has 1 rings (SSSR count). The fourth-order valence-corrected chi connectivity index (χ4v) is 1.78. The molecule has 0 atom stereocenters. The minimum atomic E-state index is 0.379. The highest BCUT2D eigenvalue weighted by Crippen LogP contribution is 2.20. The molecule has 0 amide bonds. The van der Waals surface area contributed by atoms with Crippen molar-refractivity contribution in [1.82, 2.24) is 4.98 Å². The van der Waals surface area contributed by atoms with Crippen LogP contribution in [0.2, 0.25) is 0 Å². The lowest BCUT2D eigenvalue weighted by molar-refractivity contribution is 0.203. The molecular weight excluding hydrogens is 214 g/mol. The molecule has 96 valence electrons. The molecule has 0 saturated carbocycles. The van der Waals surface area contributed by atoms with Crippen molar-refractivity contribution in [1.29, 1.82) is 0 Å². The second-order valence-corrected chi connectivity index (χ2v) is 4.42. The fourth-order valence-electron chi connectivity index (χ4n) is 1.78. The zero-order valence-electron chi connectivity index (χ0n) is 11.2. The number of pyridine rings is 1. The summed E-state index contributed by atoms with van der Waals surface area (Å²) in [5.74, 6) is 0.986. The van der Waals surface area contributed by atoms with Crippen LogP contribution < -0.4 is 10.6 Å². The first-order valence-electron chi connectivity index (χ1n) is 6.02. The maximum atomic E-state index is 5.77. The van der Waals surface area contributed by atoms with Crippen molar-refractivity contribution in [2.45, 2.75) is 33.4 Å². The first kappa shape index (κ1) is 13.9. The summed E-state index contributed by atoms with van der Waals surface area (Å²) in [5, 5.41) is 0. The molecule has 2 N–H and O–H groups in total. The Hall–Kier alpha value is -1.13. The van der Waals surface area contributed by atoms with Gasteiger partial charge in [-0.25, -0.2) is 4.98 Å². The molecule has 0 saturated heterocycles. The lowest BCUT2D eigenvalue weighted by Gasteiger charge is -2.29. The van der Waals surface area contributed by atoms with Gasteiger partial charge in [-0.1, -0.05) is 6.07 Å². The van der Waals surface area contributed by atoms with Gasteiger partial charge in [-0.2, -0.15) is 0 Å². The number of ether oxygens (including phenoxy) is 1. The van der Waals surface area contributed by atoms with Gasteiger partial charge in [0.25, 0.3) is 0 Å². The van der Waals surface area contributed by atoms with Crippen LogP contribution in [0.5, 0.6) is 0 Å². The van der Waals surface area contributed by atoms with E-state index >= 15 is 0 Å². The average molecular weight is 237 g/mol. The van der Waals surface area contributed by atoms with Crippen molar-refractivity contribution < 1.29 is 4.74 Å². The molecule has 0 radical (unpaired) electrons. The monoisotopic (exact) mass is 237 g/mol. The number of aromatic nitrogens is 1. The zero-order chi connectivity index (χ0) is 12.8. The van der Waals surface area contributed by atoms with E-state index in [1.165, 1.54) is 0 Å². The second-order valence-electron chi connectivity index (χ2n) is 4.42. The van der Waals surface area contributed by atoms with Crippen LogP contribution in [-0.2, 0) is 11.3 Å². The van der Waals surface area contributed by atoms with E-state index in [9.17, 15) is 0 Å². The highest BCUT2D eigenvalue weighted by Gasteiger charge is 2.15. The molecule has 1 aromatic heterocycles. The summed E-state index contributed by atoms with van der Waals surface area (Å²) in [7, 11) is 1.71. The van der Waals surface area contributed by atoms with Crippen molar-refractivity contribution in [3.05, 3.63) is 23.4 Å². The third-order valence-electron chi connectivity index (χ3n) is 2.75. The molecule has 1 aromatic rings. The number of hydrogen-bond donors (Lipinski definition) is 1. The minimum Gasteiger partial charge on any atom is -0.383 e. The third-order valence-corrected chi connectivity index (χ3v) is 2.75. The Labute approximate surface area is 104 Å². The molecule has 0 aliphatic carbocycles. The molecule has 0 aliphatic heterocycles. The molecule has 1 heterocycles.